The Kier molecular flexibility index (Phi) is 23.9. The fourth-order valence-corrected chi connectivity index (χ4v) is 4.93. The fraction of sp³-hybridized carbons (Fsp3) is 0.340. The van der Waals surface area contributed by atoms with Crippen LogP contribution in [0.2, 0.25) is 0 Å². The molecule has 1 fully saturated rings. The van der Waals surface area contributed by atoms with E-state index in [0.717, 1.165) is 12.8 Å². The first-order chi connectivity index (χ1) is 26.6. The van der Waals surface area contributed by atoms with Crippen molar-refractivity contribution in [1.29, 1.82) is 0 Å². The van der Waals surface area contributed by atoms with Gasteiger partial charge in [0.2, 0.25) is 0 Å². The van der Waals surface area contributed by atoms with E-state index in [1.54, 1.807) is 19.1 Å². The molecule has 1 saturated heterocycles. The second-order valence-electron chi connectivity index (χ2n) is 12.6. The van der Waals surface area contributed by atoms with Gasteiger partial charge in [-0.05, 0) is 132 Å². The highest BCUT2D eigenvalue weighted by Gasteiger charge is 2.42. The summed E-state index contributed by atoms with van der Waals surface area (Å²) in [6, 6.07) is -0.758. The standard InChI is InChI=1S/C50H43NO4/c1-9-14-15-16-17-18-19-20-21-22-23-24-25-26-27-28-29-30-31-32-33-34-35-39-48(53)51-45(46(52)38-36-40-50(6,7)8)41-54-49-44(13-5)42(11-3)43(12-4)47(55-49)37-10-2/h10-13,42-47,49,52H,2-5,36-38,40-41H2,1,6-8H3,(H,51,53)/t42?,43-,44+,45+,46-,47?,49+/m1/s1. The number of ether oxygens (including phenoxy) is 2. The van der Waals surface area contributed by atoms with Crippen LogP contribution < -0.4 is 5.32 Å². The molecule has 0 bridgehead atoms. The lowest BCUT2D eigenvalue weighted by Crippen LogP contribution is -2.50. The molecule has 0 saturated carbocycles. The molecule has 5 nitrogen and oxygen atoms in total. The van der Waals surface area contributed by atoms with Gasteiger partial charge in [0.25, 0.3) is 5.91 Å². The van der Waals surface area contributed by atoms with Crippen molar-refractivity contribution >= 4 is 5.91 Å². The minimum Gasteiger partial charge on any atom is -0.391 e. The maximum absolute atomic E-state index is 12.8. The molecule has 0 aromatic carbocycles. The summed E-state index contributed by atoms with van der Waals surface area (Å²) < 4.78 is 12.6. The molecule has 0 aromatic rings. The molecule has 272 valence electrons. The Morgan fingerprint density at radius 3 is 1.55 bits per heavy atom. The van der Waals surface area contributed by atoms with Crippen molar-refractivity contribution in [2.24, 2.45) is 23.2 Å². The van der Waals surface area contributed by atoms with Crippen LogP contribution in [0.5, 0.6) is 0 Å². The molecule has 2 unspecified atom stereocenters. The van der Waals surface area contributed by atoms with E-state index in [4.69, 9.17) is 9.47 Å². The van der Waals surface area contributed by atoms with Crippen molar-refractivity contribution in [2.75, 3.05) is 6.61 Å². The largest absolute Gasteiger partial charge is 0.391 e. The summed E-state index contributed by atoms with van der Waals surface area (Å²) in [6.07, 6.45) is 8.22. The van der Waals surface area contributed by atoms with Crippen LogP contribution in [0, 0.1) is 165 Å². The van der Waals surface area contributed by atoms with Gasteiger partial charge in [-0.25, -0.2) is 0 Å². The maximum atomic E-state index is 12.8. The number of nitrogens with one attached hydrogen (secondary N) is 1. The number of aliphatic hydroxyl groups is 1. The van der Waals surface area contributed by atoms with Crippen molar-refractivity contribution in [3.63, 3.8) is 0 Å². The van der Waals surface area contributed by atoms with Crippen molar-refractivity contribution in [2.45, 2.75) is 77.9 Å². The Hall–Kier alpha value is -6.97. The normalized spacial score (nSPS) is 17.7. The molecule has 7 atom stereocenters. The summed E-state index contributed by atoms with van der Waals surface area (Å²) >= 11 is 0. The first-order valence-electron chi connectivity index (χ1n) is 17.3. The van der Waals surface area contributed by atoms with E-state index in [0.29, 0.717) is 12.8 Å². The van der Waals surface area contributed by atoms with E-state index in [2.05, 4.69) is 194 Å². The molecule has 1 amide bonds. The lowest BCUT2D eigenvalue weighted by Gasteiger charge is -2.44. The number of aliphatic hydroxyl groups excluding tert-OH is 1. The van der Waals surface area contributed by atoms with Crippen LogP contribution in [-0.2, 0) is 14.3 Å². The highest BCUT2D eigenvalue weighted by atomic mass is 16.7. The van der Waals surface area contributed by atoms with E-state index >= 15 is 0 Å². The van der Waals surface area contributed by atoms with E-state index < -0.39 is 24.3 Å². The molecule has 0 radical (unpaired) electrons. The predicted molar refractivity (Wildman–Crippen MR) is 221 cm³/mol. The summed E-state index contributed by atoms with van der Waals surface area (Å²) in [4.78, 5) is 12.8. The minimum atomic E-state index is -0.889. The fourth-order valence-electron chi connectivity index (χ4n) is 4.93. The summed E-state index contributed by atoms with van der Waals surface area (Å²) in [5.74, 6) is 59.5. The van der Waals surface area contributed by atoms with Crippen molar-refractivity contribution in [3.05, 3.63) is 50.6 Å². The number of hydrogen-bond acceptors (Lipinski definition) is 4. The SMILES string of the molecule is C=CCC1O[C@H](OC[C@H](NC(=O)C#CC#CC#CC#CC#CC#CC#CC#CC#CC#CC#CC#CC)[C@H](O)CCCC(C)(C)C)[C@@H](C=C)C(C=C)[C@H]1C=C. The Morgan fingerprint density at radius 1 is 0.709 bits per heavy atom. The molecule has 0 spiro atoms. The van der Waals surface area contributed by atoms with Crippen LogP contribution in [0.1, 0.15) is 53.4 Å². The second kappa shape index (κ2) is 28.6. The number of carbonyl (C=O) groups is 1. The lowest BCUT2D eigenvalue weighted by molar-refractivity contribution is -0.236. The summed E-state index contributed by atoms with van der Waals surface area (Å²) in [5, 5.41) is 13.9. The van der Waals surface area contributed by atoms with E-state index in [1.165, 1.54) is 0 Å². The molecule has 1 aliphatic rings. The van der Waals surface area contributed by atoms with Gasteiger partial charge in [-0.3, -0.25) is 4.79 Å². The second-order valence-corrected chi connectivity index (χ2v) is 12.6. The molecular weight excluding hydrogens is 679 g/mol. The monoisotopic (exact) mass is 721 g/mol. The van der Waals surface area contributed by atoms with Gasteiger partial charge in [0.05, 0.1) is 24.9 Å². The molecule has 1 heterocycles. The van der Waals surface area contributed by atoms with Crippen molar-refractivity contribution in [3.8, 4) is 142 Å². The zero-order chi connectivity index (χ0) is 40.6. The van der Waals surface area contributed by atoms with Crippen LogP contribution in [0.3, 0.4) is 0 Å². The molecule has 1 aliphatic heterocycles. The summed E-state index contributed by atoms with van der Waals surface area (Å²) in [6.45, 7) is 23.9. The third-order valence-electron chi connectivity index (χ3n) is 7.42. The molecule has 55 heavy (non-hydrogen) atoms. The quantitative estimate of drug-likeness (QED) is 0.211. The third kappa shape index (κ3) is 21.2. The van der Waals surface area contributed by atoms with Gasteiger partial charge in [0, 0.05) is 53.3 Å². The molecule has 5 heteroatoms. The Bertz CT molecular complexity index is 2200. The van der Waals surface area contributed by atoms with Crippen LogP contribution in [0.4, 0.5) is 0 Å². The zero-order valence-electron chi connectivity index (χ0n) is 31.9. The van der Waals surface area contributed by atoms with Gasteiger partial charge in [-0.2, -0.15) is 0 Å². The van der Waals surface area contributed by atoms with Gasteiger partial charge in [-0.1, -0.05) is 57.4 Å². The Balaban J connectivity index is 2.87. The van der Waals surface area contributed by atoms with Crippen molar-refractivity contribution in [1.82, 2.24) is 5.32 Å². The van der Waals surface area contributed by atoms with E-state index in [1.807, 2.05) is 12.2 Å². The van der Waals surface area contributed by atoms with Crippen LogP contribution in [0.15, 0.2) is 50.6 Å². The smallest absolute Gasteiger partial charge is 0.297 e. The van der Waals surface area contributed by atoms with E-state index in [9.17, 15) is 9.90 Å². The van der Waals surface area contributed by atoms with E-state index in [-0.39, 0.29) is 35.9 Å². The molecule has 0 aromatic heterocycles. The highest BCUT2D eigenvalue weighted by molar-refractivity contribution is 5.94. The predicted octanol–water partition coefficient (Wildman–Crippen LogP) is 4.83. The zero-order valence-corrected chi connectivity index (χ0v) is 31.9. The average molecular weight is 722 g/mol. The van der Waals surface area contributed by atoms with Crippen LogP contribution >= 0.6 is 0 Å². The Labute approximate surface area is 330 Å². The lowest BCUT2D eigenvalue weighted by atomic mass is 9.75. The molecule has 0 aliphatic carbocycles. The number of allylic oxidation sites excluding steroid dienone is 1. The average Bonchev–Trinajstić information content (AvgIpc) is 3.15. The summed E-state index contributed by atoms with van der Waals surface area (Å²) in [7, 11) is 0. The Morgan fingerprint density at radius 2 is 1.15 bits per heavy atom. The first kappa shape index (κ1) is 46.1. The first-order valence-corrected chi connectivity index (χ1v) is 17.3. The number of carbonyl (C=O) groups excluding carboxylic acids is 1. The van der Waals surface area contributed by atoms with Gasteiger partial charge in [-0.15, -0.1) is 26.3 Å². The topological polar surface area (TPSA) is 67.8 Å². The highest BCUT2D eigenvalue weighted by Crippen LogP contribution is 2.39. The van der Waals surface area contributed by atoms with Crippen molar-refractivity contribution < 1.29 is 19.4 Å². The van der Waals surface area contributed by atoms with Gasteiger partial charge < -0.3 is 19.9 Å². The number of rotatable bonds is 13. The van der Waals surface area contributed by atoms with Gasteiger partial charge in [0.15, 0.2) is 6.29 Å². The maximum Gasteiger partial charge on any atom is 0.297 e. The molecule has 2 N–H and O–H groups in total. The third-order valence-corrected chi connectivity index (χ3v) is 7.42. The summed E-state index contributed by atoms with van der Waals surface area (Å²) in [5.41, 5.74) is 0.103. The van der Waals surface area contributed by atoms with Crippen LogP contribution in [0.25, 0.3) is 0 Å². The van der Waals surface area contributed by atoms with Gasteiger partial charge in [0.1, 0.15) is 0 Å². The number of hydrogen-bond donors (Lipinski definition) is 2. The van der Waals surface area contributed by atoms with Gasteiger partial charge >= 0.3 is 0 Å². The minimum absolute atomic E-state index is 0.00541. The van der Waals surface area contributed by atoms with Crippen LogP contribution in [-0.4, -0.2) is 42.2 Å². The number of amides is 1. The molecular formula is C50H43NO4. The molecule has 1 rings (SSSR count).